The number of para-hydroxylation sites is 1. The van der Waals surface area contributed by atoms with Crippen LogP contribution in [0, 0.1) is 13.8 Å². The Hall–Kier alpha value is -2.88. The van der Waals surface area contributed by atoms with Crippen molar-refractivity contribution in [3.05, 3.63) is 77.1 Å². The van der Waals surface area contributed by atoms with E-state index in [4.69, 9.17) is 0 Å². The fourth-order valence-corrected chi connectivity index (χ4v) is 2.94. The van der Waals surface area contributed by atoms with Gasteiger partial charge in [-0.3, -0.25) is 4.79 Å². The molecule has 0 fully saturated rings. The zero-order chi connectivity index (χ0) is 18.0. The van der Waals surface area contributed by atoms with Gasteiger partial charge in [0.05, 0.1) is 22.6 Å². The molecule has 0 spiro atoms. The second-order valence-corrected chi connectivity index (χ2v) is 6.52. The number of anilines is 1. The van der Waals surface area contributed by atoms with Gasteiger partial charge in [0.1, 0.15) is 0 Å². The molecule has 1 aromatic heterocycles. The van der Waals surface area contributed by atoms with E-state index in [2.05, 4.69) is 24.3 Å². The highest BCUT2D eigenvalue weighted by Gasteiger charge is 2.19. The van der Waals surface area contributed by atoms with Crippen LogP contribution in [0.3, 0.4) is 0 Å². The van der Waals surface area contributed by atoms with Crippen LogP contribution in [0.4, 0.5) is 5.69 Å². The van der Waals surface area contributed by atoms with Crippen LogP contribution in [-0.4, -0.2) is 15.7 Å². The molecule has 3 aromatic rings. The Kier molecular flexibility index (Phi) is 4.70. The Morgan fingerprint density at radius 3 is 2.24 bits per heavy atom. The lowest BCUT2D eigenvalue weighted by atomic mass is 10.0. The highest BCUT2D eigenvalue weighted by Crippen LogP contribution is 2.21. The van der Waals surface area contributed by atoms with Gasteiger partial charge in [-0.1, -0.05) is 44.2 Å². The Bertz CT molecular complexity index is 878. The second-order valence-electron chi connectivity index (χ2n) is 6.52. The summed E-state index contributed by atoms with van der Waals surface area (Å²) in [4.78, 5) is 12.8. The van der Waals surface area contributed by atoms with Crippen LogP contribution < -0.4 is 5.32 Å². The Morgan fingerprint density at radius 2 is 1.64 bits per heavy atom. The van der Waals surface area contributed by atoms with Crippen molar-refractivity contribution in [2.24, 2.45) is 0 Å². The van der Waals surface area contributed by atoms with E-state index in [9.17, 15) is 4.79 Å². The van der Waals surface area contributed by atoms with Crippen molar-refractivity contribution in [2.45, 2.75) is 33.6 Å². The number of aryl methyl sites for hydroxylation is 1. The summed E-state index contributed by atoms with van der Waals surface area (Å²) < 4.78 is 1.81. The van der Waals surface area contributed by atoms with Crippen molar-refractivity contribution in [1.29, 1.82) is 0 Å². The molecule has 1 amide bonds. The molecule has 0 saturated heterocycles. The molecule has 0 radical (unpaired) electrons. The number of benzene rings is 2. The molecule has 1 heterocycles. The van der Waals surface area contributed by atoms with Gasteiger partial charge in [-0.25, -0.2) is 4.68 Å². The van der Waals surface area contributed by atoms with Crippen LogP contribution in [0.15, 0.2) is 54.6 Å². The summed E-state index contributed by atoms with van der Waals surface area (Å²) in [6.45, 7) is 8.09. The van der Waals surface area contributed by atoms with Gasteiger partial charge in [0, 0.05) is 5.69 Å². The van der Waals surface area contributed by atoms with E-state index >= 15 is 0 Å². The molecule has 25 heavy (non-hydrogen) atoms. The molecule has 2 aromatic carbocycles. The molecular weight excluding hydrogens is 310 g/mol. The van der Waals surface area contributed by atoms with Crippen molar-refractivity contribution in [1.82, 2.24) is 9.78 Å². The molecule has 0 aliphatic rings. The van der Waals surface area contributed by atoms with Crippen LogP contribution in [0.2, 0.25) is 0 Å². The number of nitrogens with zero attached hydrogens (tertiary/aromatic N) is 2. The monoisotopic (exact) mass is 333 g/mol. The van der Waals surface area contributed by atoms with Crippen molar-refractivity contribution in [3.8, 4) is 5.69 Å². The predicted molar refractivity (Wildman–Crippen MR) is 102 cm³/mol. The lowest BCUT2D eigenvalue weighted by Crippen LogP contribution is -2.14. The third-order valence-corrected chi connectivity index (χ3v) is 4.35. The third-order valence-electron chi connectivity index (χ3n) is 4.35. The maximum absolute atomic E-state index is 12.8. The fourth-order valence-electron chi connectivity index (χ4n) is 2.94. The lowest BCUT2D eigenvalue weighted by Gasteiger charge is -2.09. The molecule has 0 unspecified atom stereocenters. The molecule has 0 atom stereocenters. The van der Waals surface area contributed by atoms with Gasteiger partial charge >= 0.3 is 0 Å². The number of hydrogen-bond donors (Lipinski definition) is 1. The van der Waals surface area contributed by atoms with Gasteiger partial charge in [-0.15, -0.1) is 0 Å². The van der Waals surface area contributed by atoms with Gasteiger partial charge in [-0.2, -0.15) is 5.10 Å². The summed E-state index contributed by atoms with van der Waals surface area (Å²) in [6.07, 6.45) is 0. The van der Waals surface area contributed by atoms with Gasteiger partial charge < -0.3 is 5.32 Å². The minimum atomic E-state index is -0.130. The molecule has 0 aliphatic heterocycles. The largest absolute Gasteiger partial charge is 0.322 e. The summed E-state index contributed by atoms with van der Waals surface area (Å²) in [6, 6.07) is 17.8. The molecule has 4 nitrogen and oxygen atoms in total. The molecular formula is C21H23N3O. The Balaban J connectivity index is 1.86. The molecule has 0 bridgehead atoms. The number of hydrogen-bond acceptors (Lipinski definition) is 2. The number of nitrogens with one attached hydrogen (secondary N) is 1. The van der Waals surface area contributed by atoms with Crippen LogP contribution in [0.5, 0.6) is 0 Å². The summed E-state index contributed by atoms with van der Waals surface area (Å²) in [5, 5.41) is 7.51. The van der Waals surface area contributed by atoms with Gasteiger partial charge in [-0.05, 0) is 49.6 Å². The minimum Gasteiger partial charge on any atom is -0.322 e. The quantitative estimate of drug-likeness (QED) is 0.741. The maximum atomic E-state index is 12.8. The Labute approximate surface area is 148 Å². The van der Waals surface area contributed by atoms with Gasteiger partial charge in [0.25, 0.3) is 5.91 Å². The highest BCUT2D eigenvalue weighted by atomic mass is 16.1. The third kappa shape index (κ3) is 3.48. The van der Waals surface area contributed by atoms with Crippen molar-refractivity contribution < 1.29 is 4.79 Å². The van der Waals surface area contributed by atoms with E-state index < -0.39 is 0 Å². The average Bonchev–Trinajstić information content (AvgIpc) is 2.90. The Morgan fingerprint density at radius 1 is 1.00 bits per heavy atom. The number of amides is 1. The number of aromatic nitrogens is 2. The predicted octanol–water partition coefficient (Wildman–Crippen LogP) is 4.86. The van der Waals surface area contributed by atoms with E-state index in [0.29, 0.717) is 11.5 Å². The van der Waals surface area contributed by atoms with E-state index in [0.717, 1.165) is 22.8 Å². The normalized spacial score (nSPS) is 10.9. The van der Waals surface area contributed by atoms with Gasteiger partial charge in [0.15, 0.2) is 0 Å². The topological polar surface area (TPSA) is 46.9 Å². The summed E-state index contributed by atoms with van der Waals surface area (Å²) in [5.41, 5.74) is 5.17. The van der Waals surface area contributed by atoms with Gasteiger partial charge in [0.2, 0.25) is 0 Å². The summed E-state index contributed by atoms with van der Waals surface area (Å²) in [5.74, 6) is 0.341. The van der Waals surface area contributed by atoms with Crippen LogP contribution >= 0.6 is 0 Å². The van der Waals surface area contributed by atoms with Crippen LogP contribution in [-0.2, 0) is 0 Å². The maximum Gasteiger partial charge on any atom is 0.259 e. The van der Waals surface area contributed by atoms with Crippen LogP contribution in [0.1, 0.15) is 47.1 Å². The SMILES string of the molecule is Cc1nn(-c2ccccc2)c(C)c1C(=O)Nc1ccc(C(C)C)cc1. The highest BCUT2D eigenvalue weighted by molar-refractivity contribution is 6.05. The lowest BCUT2D eigenvalue weighted by molar-refractivity contribution is 0.102. The number of rotatable bonds is 4. The first-order valence-corrected chi connectivity index (χ1v) is 8.50. The van der Waals surface area contributed by atoms with Crippen molar-refractivity contribution >= 4 is 11.6 Å². The molecule has 128 valence electrons. The van der Waals surface area contributed by atoms with E-state index in [1.165, 1.54) is 5.56 Å². The zero-order valence-electron chi connectivity index (χ0n) is 15.1. The first kappa shape index (κ1) is 17.0. The standard InChI is InChI=1S/C21H23N3O/c1-14(2)17-10-12-18(13-11-17)22-21(25)20-15(3)23-24(16(20)4)19-8-6-5-7-9-19/h5-14H,1-4H3,(H,22,25). The average molecular weight is 333 g/mol. The zero-order valence-corrected chi connectivity index (χ0v) is 15.1. The minimum absolute atomic E-state index is 0.130. The summed E-state index contributed by atoms with van der Waals surface area (Å²) >= 11 is 0. The van der Waals surface area contributed by atoms with Crippen molar-refractivity contribution in [2.75, 3.05) is 5.32 Å². The van der Waals surface area contributed by atoms with Crippen molar-refractivity contribution in [3.63, 3.8) is 0 Å². The number of carbonyl (C=O) groups is 1. The fraction of sp³-hybridized carbons (Fsp3) is 0.238. The van der Waals surface area contributed by atoms with E-state index in [1.54, 1.807) is 0 Å². The van der Waals surface area contributed by atoms with E-state index in [-0.39, 0.29) is 5.91 Å². The molecule has 4 heteroatoms. The summed E-state index contributed by atoms with van der Waals surface area (Å²) in [7, 11) is 0. The first-order chi connectivity index (χ1) is 12.0. The molecule has 0 aliphatic carbocycles. The van der Waals surface area contributed by atoms with E-state index in [1.807, 2.05) is 73.1 Å². The number of carbonyl (C=O) groups excluding carboxylic acids is 1. The second kappa shape index (κ2) is 6.93. The molecule has 3 rings (SSSR count). The smallest absolute Gasteiger partial charge is 0.259 e. The first-order valence-electron chi connectivity index (χ1n) is 8.50. The van der Waals surface area contributed by atoms with Crippen LogP contribution in [0.25, 0.3) is 5.69 Å². The molecule has 0 saturated carbocycles. The molecule has 1 N–H and O–H groups in total.